The molecule has 1 aliphatic heterocycles. The second-order valence-corrected chi connectivity index (χ2v) is 6.07. The summed E-state index contributed by atoms with van der Waals surface area (Å²) in [5, 5.41) is 0. The molecule has 0 spiro atoms. The molecule has 0 bridgehead atoms. The van der Waals surface area contributed by atoms with Crippen LogP contribution in [0.1, 0.15) is 42.3 Å². The van der Waals surface area contributed by atoms with Crippen molar-refractivity contribution in [2.24, 2.45) is 0 Å². The smallest absolute Gasteiger partial charge is 0.179 e. The maximum absolute atomic E-state index is 12.7. The monoisotopic (exact) mass is 275 g/mol. The standard InChI is InChI=1S/C17H25NO2/c1-11-6-7-12(2)16(8-11)17(19)15(5)18-9-13(3)20-14(4)10-18/h6-8,13-15H,9-10H2,1-5H3. The number of aryl methyl sites for hydroxylation is 2. The Hall–Kier alpha value is -1.19. The molecule has 0 radical (unpaired) electrons. The van der Waals surface area contributed by atoms with E-state index in [1.54, 1.807) is 0 Å². The molecule has 110 valence electrons. The van der Waals surface area contributed by atoms with E-state index in [2.05, 4.69) is 24.8 Å². The van der Waals surface area contributed by atoms with Gasteiger partial charge in [0, 0.05) is 18.7 Å². The van der Waals surface area contributed by atoms with Crippen LogP contribution in [-0.2, 0) is 4.74 Å². The van der Waals surface area contributed by atoms with Gasteiger partial charge >= 0.3 is 0 Å². The fourth-order valence-corrected chi connectivity index (χ4v) is 2.93. The van der Waals surface area contributed by atoms with E-state index in [1.165, 1.54) is 0 Å². The Bertz CT molecular complexity index is 488. The van der Waals surface area contributed by atoms with E-state index >= 15 is 0 Å². The van der Waals surface area contributed by atoms with Crippen molar-refractivity contribution in [1.29, 1.82) is 0 Å². The fourth-order valence-electron chi connectivity index (χ4n) is 2.93. The summed E-state index contributed by atoms with van der Waals surface area (Å²) in [7, 11) is 0. The lowest BCUT2D eigenvalue weighted by molar-refractivity contribution is -0.0744. The Balaban J connectivity index is 2.17. The first-order valence-electron chi connectivity index (χ1n) is 7.39. The molecule has 1 aromatic rings. The number of nitrogens with zero attached hydrogens (tertiary/aromatic N) is 1. The van der Waals surface area contributed by atoms with E-state index in [-0.39, 0.29) is 24.0 Å². The third-order valence-electron chi connectivity index (χ3n) is 4.03. The third-order valence-corrected chi connectivity index (χ3v) is 4.03. The molecule has 0 N–H and O–H groups in total. The second-order valence-electron chi connectivity index (χ2n) is 6.07. The van der Waals surface area contributed by atoms with E-state index in [0.717, 1.165) is 29.8 Å². The highest BCUT2D eigenvalue weighted by atomic mass is 16.5. The molecule has 1 aromatic carbocycles. The van der Waals surface area contributed by atoms with Crippen molar-refractivity contribution in [2.45, 2.75) is 52.9 Å². The van der Waals surface area contributed by atoms with Gasteiger partial charge in [-0.2, -0.15) is 0 Å². The van der Waals surface area contributed by atoms with Crippen molar-refractivity contribution in [3.05, 3.63) is 34.9 Å². The summed E-state index contributed by atoms with van der Waals surface area (Å²) in [5.74, 6) is 0.215. The van der Waals surface area contributed by atoms with Gasteiger partial charge in [-0.1, -0.05) is 17.7 Å². The average Bonchev–Trinajstić information content (AvgIpc) is 2.38. The van der Waals surface area contributed by atoms with E-state index in [0.29, 0.717) is 0 Å². The lowest BCUT2D eigenvalue weighted by Crippen LogP contribution is -2.51. The van der Waals surface area contributed by atoms with Crippen LogP contribution in [0.5, 0.6) is 0 Å². The summed E-state index contributed by atoms with van der Waals surface area (Å²) in [6, 6.07) is 5.99. The zero-order valence-corrected chi connectivity index (χ0v) is 13.1. The first-order valence-corrected chi connectivity index (χ1v) is 7.39. The van der Waals surface area contributed by atoms with Crippen LogP contribution in [0.15, 0.2) is 18.2 Å². The molecule has 3 heteroatoms. The number of hydrogen-bond donors (Lipinski definition) is 0. The van der Waals surface area contributed by atoms with Gasteiger partial charge in [-0.15, -0.1) is 0 Å². The molecule has 0 aliphatic carbocycles. The number of ketones is 1. The van der Waals surface area contributed by atoms with E-state index in [9.17, 15) is 4.79 Å². The Morgan fingerprint density at radius 1 is 1.25 bits per heavy atom. The molecule has 20 heavy (non-hydrogen) atoms. The van der Waals surface area contributed by atoms with Crippen LogP contribution in [0, 0.1) is 13.8 Å². The van der Waals surface area contributed by atoms with Crippen LogP contribution in [0.4, 0.5) is 0 Å². The van der Waals surface area contributed by atoms with Gasteiger partial charge in [-0.05, 0) is 46.2 Å². The zero-order chi connectivity index (χ0) is 14.9. The number of hydrogen-bond acceptors (Lipinski definition) is 3. The minimum absolute atomic E-state index is 0.0932. The fraction of sp³-hybridized carbons (Fsp3) is 0.588. The van der Waals surface area contributed by atoms with Crippen molar-refractivity contribution in [1.82, 2.24) is 4.90 Å². The minimum Gasteiger partial charge on any atom is -0.373 e. The lowest BCUT2D eigenvalue weighted by Gasteiger charge is -2.38. The van der Waals surface area contributed by atoms with E-state index in [4.69, 9.17) is 4.74 Å². The Morgan fingerprint density at radius 3 is 2.45 bits per heavy atom. The van der Waals surface area contributed by atoms with Gasteiger partial charge in [0.25, 0.3) is 0 Å². The Kier molecular flexibility index (Phi) is 4.61. The molecule has 0 aromatic heterocycles. The molecule has 0 saturated carbocycles. The van der Waals surface area contributed by atoms with E-state index in [1.807, 2.05) is 32.9 Å². The number of carbonyl (C=O) groups is 1. The summed E-state index contributed by atoms with van der Waals surface area (Å²) < 4.78 is 5.74. The lowest BCUT2D eigenvalue weighted by atomic mass is 9.97. The van der Waals surface area contributed by atoms with Crippen LogP contribution in [0.25, 0.3) is 0 Å². The summed E-state index contributed by atoms with van der Waals surface area (Å²) in [4.78, 5) is 15.0. The average molecular weight is 275 g/mol. The molecule has 2 rings (SSSR count). The predicted molar refractivity (Wildman–Crippen MR) is 81.3 cm³/mol. The normalized spacial score (nSPS) is 25.4. The first-order chi connectivity index (χ1) is 9.38. The van der Waals surface area contributed by atoms with Crippen LogP contribution in [-0.4, -0.2) is 42.0 Å². The SMILES string of the molecule is Cc1ccc(C)c(C(=O)C(C)N2CC(C)OC(C)C2)c1. The van der Waals surface area contributed by atoms with Crippen molar-refractivity contribution in [2.75, 3.05) is 13.1 Å². The maximum atomic E-state index is 12.7. The van der Waals surface area contributed by atoms with Crippen molar-refractivity contribution in [3.8, 4) is 0 Å². The predicted octanol–water partition coefficient (Wildman–Crippen LogP) is 2.98. The Labute approximate surface area is 121 Å². The number of benzene rings is 1. The molecular weight excluding hydrogens is 250 g/mol. The number of morpholine rings is 1. The van der Waals surface area contributed by atoms with Crippen LogP contribution in [0.2, 0.25) is 0 Å². The van der Waals surface area contributed by atoms with Gasteiger partial charge in [0.15, 0.2) is 5.78 Å². The molecule has 1 heterocycles. The minimum atomic E-state index is -0.0932. The van der Waals surface area contributed by atoms with Gasteiger partial charge in [0.2, 0.25) is 0 Å². The molecule has 1 aliphatic rings. The highest BCUT2D eigenvalue weighted by Crippen LogP contribution is 2.19. The topological polar surface area (TPSA) is 29.5 Å². The maximum Gasteiger partial charge on any atom is 0.179 e. The summed E-state index contributed by atoms with van der Waals surface area (Å²) in [5.41, 5.74) is 3.04. The number of Topliss-reactive ketones (excluding diaryl/α,β-unsaturated/α-hetero) is 1. The summed E-state index contributed by atoms with van der Waals surface area (Å²) in [6.07, 6.45) is 0.375. The highest BCUT2D eigenvalue weighted by molar-refractivity contribution is 6.01. The molecule has 3 atom stereocenters. The van der Waals surface area contributed by atoms with Crippen molar-refractivity contribution in [3.63, 3.8) is 0 Å². The summed E-state index contributed by atoms with van der Waals surface area (Å²) in [6.45, 7) is 11.8. The van der Waals surface area contributed by atoms with Gasteiger partial charge < -0.3 is 4.74 Å². The molecular formula is C17H25NO2. The van der Waals surface area contributed by atoms with Gasteiger partial charge in [-0.3, -0.25) is 9.69 Å². The number of carbonyl (C=O) groups excluding carboxylic acids is 1. The van der Waals surface area contributed by atoms with E-state index < -0.39 is 0 Å². The third kappa shape index (κ3) is 3.28. The van der Waals surface area contributed by atoms with Crippen molar-refractivity contribution < 1.29 is 9.53 Å². The van der Waals surface area contributed by atoms with Crippen LogP contribution >= 0.6 is 0 Å². The molecule has 0 amide bonds. The van der Waals surface area contributed by atoms with Gasteiger partial charge in [0.1, 0.15) is 0 Å². The van der Waals surface area contributed by atoms with Gasteiger partial charge in [0.05, 0.1) is 18.2 Å². The molecule has 1 saturated heterocycles. The number of ether oxygens (including phenoxy) is 1. The highest BCUT2D eigenvalue weighted by Gasteiger charge is 2.30. The van der Waals surface area contributed by atoms with Crippen LogP contribution < -0.4 is 0 Å². The van der Waals surface area contributed by atoms with Gasteiger partial charge in [-0.25, -0.2) is 0 Å². The zero-order valence-electron chi connectivity index (χ0n) is 13.1. The quantitative estimate of drug-likeness (QED) is 0.794. The van der Waals surface area contributed by atoms with Crippen molar-refractivity contribution >= 4 is 5.78 Å². The molecule has 3 unspecified atom stereocenters. The molecule has 3 nitrogen and oxygen atoms in total. The first kappa shape index (κ1) is 15.2. The second kappa shape index (κ2) is 6.06. The Morgan fingerprint density at radius 2 is 1.85 bits per heavy atom. The number of rotatable bonds is 3. The summed E-state index contributed by atoms with van der Waals surface area (Å²) >= 11 is 0. The largest absolute Gasteiger partial charge is 0.373 e. The molecule has 1 fully saturated rings. The van der Waals surface area contributed by atoms with Crippen LogP contribution in [0.3, 0.4) is 0 Å².